The third kappa shape index (κ3) is 6.05. The molecule has 0 aromatic rings. The average Bonchev–Trinajstić information content (AvgIpc) is 1.84. The van der Waals surface area contributed by atoms with Crippen LogP contribution in [-0.4, -0.2) is 4.83 Å². The van der Waals surface area contributed by atoms with Gasteiger partial charge >= 0.3 is 0 Å². The second kappa shape index (κ2) is 5.26. The van der Waals surface area contributed by atoms with Gasteiger partial charge < -0.3 is 0 Å². The molecule has 12 heavy (non-hydrogen) atoms. The number of alkyl halides is 1. The Labute approximate surface area is 86.3 Å². The Kier molecular flexibility index (Phi) is 5.47. The monoisotopic (exact) mass is 234 g/mol. The highest BCUT2D eigenvalue weighted by Crippen LogP contribution is 2.30. The van der Waals surface area contributed by atoms with Crippen molar-refractivity contribution in [1.82, 2.24) is 0 Å². The molecule has 0 rings (SSSR count). The minimum atomic E-state index is 0.414. The molecule has 74 valence electrons. The maximum Gasteiger partial charge on any atom is 0.0194 e. The highest BCUT2D eigenvalue weighted by Gasteiger charge is 2.20. The summed E-state index contributed by atoms with van der Waals surface area (Å²) >= 11 is 3.75. The summed E-state index contributed by atoms with van der Waals surface area (Å²) in [6.45, 7) is 11.5. The molecule has 0 aliphatic rings. The smallest absolute Gasteiger partial charge is 0.0194 e. The zero-order valence-electron chi connectivity index (χ0n) is 9.15. The van der Waals surface area contributed by atoms with Crippen molar-refractivity contribution in [2.45, 2.75) is 58.7 Å². The van der Waals surface area contributed by atoms with Crippen LogP contribution in [0.5, 0.6) is 0 Å². The van der Waals surface area contributed by atoms with E-state index in [-0.39, 0.29) is 0 Å². The Hall–Kier alpha value is 0.480. The van der Waals surface area contributed by atoms with Gasteiger partial charge in [-0.3, -0.25) is 0 Å². The van der Waals surface area contributed by atoms with Crippen molar-refractivity contribution in [3.63, 3.8) is 0 Å². The summed E-state index contributed by atoms with van der Waals surface area (Å²) in [6.07, 6.45) is 4.02. The SMILES string of the molecule is CC(C)CCCC(Br)C(C)(C)C. The van der Waals surface area contributed by atoms with Gasteiger partial charge in [0.2, 0.25) is 0 Å². The van der Waals surface area contributed by atoms with Gasteiger partial charge in [0.05, 0.1) is 0 Å². The molecule has 0 nitrogen and oxygen atoms in total. The quantitative estimate of drug-likeness (QED) is 0.623. The fraction of sp³-hybridized carbons (Fsp3) is 1.00. The number of hydrogen-bond acceptors (Lipinski definition) is 0. The Bertz CT molecular complexity index is 111. The minimum absolute atomic E-state index is 0.414. The van der Waals surface area contributed by atoms with Gasteiger partial charge in [0, 0.05) is 4.83 Å². The summed E-state index contributed by atoms with van der Waals surface area (Å²) in [4.78, 5) is 0.670. The first kappa shape index (κ1) is 12.5. The molecule has 0 radical (unpaired) electrons. The second-order valence-electron chi connectivity index (χ2n) is 5.16. The number of rotatable bonds is 4. The lowest BCUT2D eigenvalue weighted by molar-refractivity contribution is 0.371. The molecule has 1 unspecified atom stereocenters. The summed E-state index contributed by atoms with van der Waals surface area (Å²) in [7, 11) is 0. The van der Waals surface area contributed by atoms with Crippen LogP contribution in [-0.2, 0) is 0 Å². The first-order valence-corrected chi connectivity index (χ1v) is 5.89. The van der Waals surface area contributed by atoms with E-state index >= 15 is 0 Å². The minimum Gasteiger partial charge on any atom is -0.0885 e. The molecule has 1 atom stereocenters. The van der Waals surface area contributed by atoms with Crippen LogP contribution in [0.25, 0.3) is 0 Å². The van der Waals surface area contributed by atoms with Crippen molar-refractivity contribution in [3.8, 4) is 0 Å². The summed E-state index contributed by atoms with van der Waals surface area (Å²) in [6, 6.07) is 0. The Balaban J connectivity index is 3.51. The molecule has 0 aliphatic carbocycles. The third-order valence-corrected chi connectivity index (χ3v) is 4.01. The molecule has 0 bridgehead atoms. The molecule has 0 amide bonds. The second-order valence-corrected chi connectivity index (χ2v) is 6.26. The normalized spacial score (nSPS) is 15.2. The van der Waals surface area contributed by atoms with Crippen LogP contribution in [0.4, 0.5) is 0 Å². The van der Waals surface area contributed by atoms with E-state index in [9.17, 15) is 0 Å². The van der Waals surface area contributed by atoms with Gasteiger partial charge in [-0.2, -0.15) is 0 Å². The lowest BCUT2D eigenvalue weighted by atomic mass is 9.88. The van der Waals surface area contributed by atoms with Gasteiger partial charge in [-0.1, -0.05) is 63.4 Å². The maximum absolute atomic E-state index is 3.75. The fourth-order valence-corrected chi connectivity index (χ4v) is 1.46. The van der Waals surface area contributed by atoms with Crippen LogP contribution in [0.15, 0.2) is 0 Å². The van der Waals surface area contributed by atoms with E-state index in [0.717, 1.165) is 5.92 Å². The Morgan fingerprint density at radius 1 is 1.08 bits per heavy atom. The molecule has 0 aromatic heterocycles. The lowest BCUT2D eigenvalue weighted by Gasteiger charge is -2.25. The van der Waals surface area contributed by atoms with Gasteiger partial charge in [-0.05, 0) is 17.8 Å². The van der Waals surface area contributed by atoms with Gasteiger partial charge in [0.25, 0.3) is 0 Å². The Morgan fingerprint density at radius 3 is 1.92 bits per heavy atom. The summed E-state index contributed by atoms with van der Waals surface area (Å²) in [5.41, 5.74) is 0.414. The van der Waals surface area contributed by atoms with E-state index in [0.29, 0.717) is 10.2 Å². The highest BCUT2D eigenvalue weighted by atomic mass is 79.9. The van der Waals surface area contributed by atoms with Crippen LogP contribution in [0, 0.1) is 11.3 Å². The molecule has 0 fully saturated rings. The highest BCUT2D eigenvalue weighted by molar-refractivity contribution is 9.09. The fourth-order valence-electron chi connectivity index (χ4n) is 1.14. The zero-order valence-corrected chi connectivity index (χ0v) is 10.7. The lowest BCUT2D eigenvalue weighted by Crippen LogP contribution is -2.20. The number of halogens is 1. The molecule has 0 N–H and O–H groups in total. The molecule has 0 aromatic carbocycles. The molecule has 0 heterocycles. The van der Waals surface area contributed by atoms with Crippen molar-refractivity contribution < 1.29 is 0 Å². The summed E-state index contributed by atoms with van der Waals surface area (Å²) in [5, 5.41) is 0. The van der Waals surface area contributed by atoms with E-state index in [2.05, 4.69) is 50.5 Å². The molecule has 0 spiro atoms. The largest absolute Gasteiger partial charge is 0.0885 e. The molecule has 0 saturated carbocycles. The van der Waals surface area contributed by atoms with Gasteiger partial charge in [0.1, 0.15) is 0 Å². The molecular weight excluding hydrogens is 212 g/mol. The summed E-state index contributed by atoms with van der Waals surface area (Å²) < 4.78 is 0. The first-order chi connectivity index (χ1) is 5.34. The van der Waals surface area contributed by atoms with Crippen LogP contribution in [0.1, 0.15) is 53.9 Å². The predicted molar refractivity (Wildman–Crippen MR) is 60.9 cm³/mol. The van der Waals surface area contributed by atoms with Gasteiger partial charge in [-0.25, -0.2) is 0 Å². The summed E-state index contributed by atoms with van der Waals surface area (Å²) in [5.74, 6) is 0.852. The van der Waals surface area contributed by atoms with Crippen molar-refractivity contribution in [3.05, 3.63) is 0 Å². The van der Waals surface area contributed by atoms with E-state index in [1.807, 2.05) is 0 Å². The Morgan fingerprint density at radius 2 is 1.58 bits per heavy atom. The molecule has 0 aliphatic heterocycles. The van der Waals surface area contributed by atoms with E-state index < -0.39 is 0 Å². The topological polar surface area (TPSA) is 0 Å². The van der Waals surface area contributed by atoms with Crippen LogP contribution in [0.3, 0.4) is 0 Å². The van der Waals surface area contributed by atoms with Gasteiger partial charge in [-0.15, -0.1) is 0 Å². The zero-order chi connectivity index (χ0) is 9.78. The maximum atomic E-state index is 3.75. The first-order valence-electron chi connectivity index (χ1n) is 4.98. The molecule has 0 saturated heterocycles. The van der Waals surface area contributed by atoms with E-state index in [1.165, 1.54) is 19.3 Å². The van der Waals surface area contributed by atoms with Crippen molar-refractivity contribution in [2.75, 3.05) is 0 Å². The molecular formula is C11H23Br. The average molecular weight is 235 g/mol. The van der Waals surface area contributed by atoms with E-state index in [1.54, 1.807) is 0 Å². The van der Waals surface area contributed by atoms with Gasteiger partial charge in [0.15, 0.2) is 0 Å². The molecule has 1 heteroatoms. The van der Waals surface area contributed by atoms with Crippen LogP contribution in [0.2, 0.25) is 0 Å². The van der Waals surface area contributed by atoms with Crippen molar-refractivity contribution in [2.24, 2.45) is 11.3 Å². The number of hydrogen-bond donors (Lipinski definition) is 0. The third-order valence-electron chi connectivity index (χ3n) is 2.18. The van der Waals surface area contributed by atoms with Crippen molar-refractivity contribution in [1.29, 1.82) is 0 Å². The standard InChI is InChI=1S/C11H23Br/c1-9(2)7-6-8-10(12)11(3,4)5/h9-10H,6-8H2,1-5H3. The van der Waals surface area contributed by atoms with E-state index in [4.69, 9.17) is 0 Å². The van der Waals surface area contributed by atoms with Crippen LogP contribution < -0.4 is 0 Å². The predicted octanol–water partition coefficient (Wildman–Crippen LogP) is 4.62. The van der Waals surface area contributed by atoms with Crippen LogP contribution >= 0.6 is 15.9 Å². The van der Waals surface area contributed by atoms with Crippen molar-refractivity contribution >= 4 is 15.9 Å².